The van der Waals surface area contributed by atoms with Gasteiger partial charge in [0.05, 0.1) is 11.8 Å². The van der Waals surface area contributed by atoms with Crippen LogP contribution in [0.3, 0.4) is 0 Å². The number of aromatic amines is 1. The summed E-state index contributed by atoms with van der Waals surface area (Å²) >= 11 is 11.0. The summed E-state index contributed by atoms with van der Waals surface area (Å²) in [4.78, 5) is 3.05. The van der Waals surface area contributed by atoms with E-state index in [0.717, 1.165) is 11.4 Å². The second-order valence-corrected chi connectivity index (χ2v) is 2.31. The zero-order chi connectivity index (χ0) is 6.69. The molecule has 0 saturated heterocycles. The number of nitrogens with one attached hydrogen (secondary N) is 1. The fourth-order valence-electron chi connectivity index (χ4n) is 0.647. The second kappa shape index (κ2) is 3.14. The van der Waals surface area contributed by atoms with Crippen LogP contribution in [0.1, 0.15) is 11.4 Å². The van der Waals surface area contributed by atoms with Crippen molar-refractivity contribution in [2.24, 2.45) is 0 Å². The van der Waals surface area contributed by atoms with Gasteiger partial charge in [-0.15, -0.1) is 23.2 Å². The number of H-pyrrole nitrogens is 1. The molecule has 0 amide bonds. The first-order chi connectivity index (χ1) is 4.36. The lowest BCUT2D eigenvalue weighted by molar-refractivity contribution is 1.15. The fraction of sp³-hybridized carbons (Fsp3) is 0.333. The zero-order valence-corrected chi connectivity index (χ0v) is 6.34. The van der Waals surface area contributed by atoms with E-state index in [1.165, 1.54) is 0 Å². The van der Waals surface area contributed by atoms with Crippen molar-refractivity contribution < 1.29 is 0 Å². The van der Waals surface area contributed by atoms with E-state index in [4.69, 9.17) is 23.2 Å². The van der Waals surface area contributed by atoms with E-state index in [1.54, 1.807) is 0 Å². The van der Waals surface area contributed by atoms with Crippen LogP contribution in [0.25, 0.3) is 0 Å². The van der Waals surface area contributed by atoms with Crippen molar-refractivity contribution in [2.75, 3.05) is 0 Å². The molecular weight excluding hydrogens is 157 g/mol. The highest BCUT2D eigenvalue weighted by Crippen LogP contribution is 2.06. The van der Waals surface area contributed by atoms with Gasteiger partial charge in [0.2, 0.25) is 0 Å². The standard InChI is InChI=1S/C6H7Cl2N/c7-3-5-1-2-6(4-8)9-5/h1-2,9H,3-4H2. The number of rotatable bonds is 2. The lowest BCUT2D eigenvalue weighted by Gasteiger charge is -1.86. The first-order valence-electron chi connectivity index (χ1n) is 2.65. The normalized spacial score (nSPS) is 10.0. The molecule has 0 aliphatic rings. The molecule has 1 aromatic rings. The van der Waals surface area contributed by atoms with E-state index in [9.17, 15) is 0 Å². The summed E-state index contributed by atoms with van der Waals surface area (Å²) in [5, 5.41) is 0. The largest absolute Gasteiger partial charge is 0.360 e. The quantitative estimate of drug-likeness (QED) is 0.646. The minimum absolute atomic E-state index is 0.525. The maximum Gasteiger partial charge on any atom is 0.0625 e. The topological polar surface area (TPSA) is 15.8 Å². The van der Waals surface area contributed by atoms with Crippen LogP contribution in [-0.4, -0.2) is 4.98 Å². The Morgan fingerprint density at radius 2 is 1.56 bits per heavy atom. The number of hydrogen-bond acceptors (Lipinski definition) is 0. The number of alkyl halides is 2. The van der Waals surface area contributed by atoms with Crippen LogP contribution in [0.5, 0.6) is 0 Å². The number of halogens is 2. The van der Waals surface area contributed by atoms with Gasteiger partial charge in [0.25, 0.3) is 0 Å². The molecule has 1 aromatic heterocycles. The van der Waals surface area contributed by atoms with Gasteiger partial charge in [-0.25, -0.2) is 0 Å². The third kappa shape index (κ3) is 1.63. The maximum atomic E-state index is 5.52. The van der Waals surface area contributed by atoms with E-state index >= 15 is 0 Å². The van der Waals surface area contributed by atoms with Gasteiger partial charge in [-0.05, 0) is 12.1 Å². The molecule has 50 valence electrons. The Morgan fingerprint density at radius 3 is 1.78 bits per heavy atom. The minimum atomic E-state index is 0.525. The van der Waals surface area contributed by atoms with Crippen molar-refractivity contribution >= 4 is 23.2 Å². The van der Waals surface area contributed by atoms with Crippen LogP contribution in [-0.2, 0) is 11.8 Å². The van der Waals surface area contributed by atoms with Crippen molar-refractivity contribution in [1.29, 1.82) is 0 Å². The molecule has 1 nitrogen and oxygen atoms in total. The molecule has 0 spiro atoms. The highest BCUT2D eigenvalue weighted by Gasteiger charge is 1.93. The molecule has 0 atom stereocenters. The Bertz CT molecular complexity index is 164. The molecule has 0 fully saturated rings. The molecule has 0 radical (unpaired) electrons. The van der Waals surface area contributed by atoms with Crippen LogP contribution < -0.4 is 0 Å². The van der Waals surface area contributed by atoms with Gasteiger partial charge in [-0.1, -0.05) is 0 Å². The Kier molecular flexibility index (Phi) is 2.43. The van der Waals surface area contributed by atoms with Crippen LogP contribution in [0.2, 0.25) is 0 Å². The molecular formula is C6H7Cl2N. The summed E-state index contributed by atoms with van der Waals surface area (Å²) in [6, 6.07) is 3.87. The van der Waals surface area contributed by atoms with Gasteiger partial charge in [0, 0.05) is 11.4 Å². The van der Waals surface area contributed by atoms with E-state index in [0.29, 0.717) is 11.8 Å². The number of aromatic nitrogens is 1. The molecule has 0 aliphatic carbocycles. The Labute approximate surface area is 64.0 Å². The molecule has 3 heteroatoms. The maximum absolute atomic E-state index is 5.52. The molecule has 0 aromatic carbocycles. The molecule has 1 N–H and O–H groups in total. The summed E-state index contributed by atoms with van der Waals surface area (Å²) in [5.74, 6) is 1.05. The van der Waals surface area contributed by atoms with E-state index in [2.05, 4.69) is 4.98 Å². The van der Waals surface area contributed by atoms with Gasteiger partial charge in [-0.3, -0.25) is 0 Å². The summed E-state index contributed by atoms with van der Waals surface area (Å²) < 4.78 is 0. The highest BCUT2D eigenvalue weighted by molar-refractivity contribution is 6.17. The number of hydrogen-bond donors (Lipinski definition) is 1. The molecule has 9 heavy (non-hydrogen) atoms. The van der Waals surface area contributed by atoms with Gasteiger partial charge >= 0.3 is 0 Å². The Morgan fingerprint density at radius 1 is 1.11 bits per heavy atom. The minimum Gasteiger partial charge on any atom is -0.360 e. The smallest absolute Gasteiger partial charge is 0.0625 e. The molecule has 0 saturated carbocycles. The molecule has 1 rings (SSSR count). The third-order valence-electron chi connectivity index (χ3n) is 1.09. The van der Waals surface area contributed by atoms with E-state index in [-0.39, 0.29) is 0 Å². The first-order valence-corrected chi connectivity index (χ1v) is 3.72. The third-order valence-corrected chi connectivity index (χ3v) is 1.67. The average Bonchev–Trinajstić information content (AvgIpc) is 2.34. The summed E-state index contributed by atoms with van der Waals surface area (Å²) in [7, 11) is 0. The molecule has 1 heterocycles. The summed E-state index contributed by atoms with van der Waals surface area (Å²) in [6.07, 6.45) is 0. The van der Waals surface area contributed by atoms with Crippen molar-refractivity contribution in [1.82, 2.24) is 4.98 Å². The van der Waals surface area contributed by atoms with Gasteiger partial charge in [0.15, 0.2) is 0 Å². The van der Waals surface area contributed by atoms with Gasteiger partial charge in [-0.2, -0.15) is 0 Å². The van der Waals surface area contributed by atoms with Crippen molar-refractivity contribution in [3.63, 3.8) is 0 Å². The molecule has 0 aliphatic heterocycles. The predicted octanol–water partition coefficient (Wildman–Crippen LogP) is 2.49. The fourth-order valence-corrected chi connectivity index (χ4v) is 0.958. The van der Waals surface area contributed by atoms with Crippen molar-refractivity contribution in [3.8, 4) is 0 Å². The molecule has 0 bridgehead atoms. The van der Waals surface area contributed by atoms with E-state index in [1.807, 2.05) is 12.1 Å². The SMILES string of the molecule is ClCc1ccc(CCl)[nH]1. The molecule has 0 unspecified atom stereocenters. The van der Waals surface area contributed by atoms with E-state index < -0.39 is 0 Å². The van der Waals surface area contributed by atoms with Crippen molar-refractivity contribution in [3.05, 3.63) is 23.5 Å². The monoisotopic (exact) mass is 163 g/mol. The summed E-state index contributed by atoms with van der Waals surface area (Å²) in [6.45, 7) is 0. The van der Waals surface area contributed by atoms with Crippen LogP contribution in [0.4, 0.5) is 0 Å². The van der Waals surface area contributed by atoms with Crippen LogP contribution in [0, 0.1) is 0 Å². The Hall–Kier alpha value is -0.140. The average molecular weight is 164 g/mol. The highest BCUT2D eigenvalue weighted by atomic mass is 35.5. The van der Waals surface area contributed by atoms with Gasteiger partial charge in [0.1, 0.15) is 0 Å². The van der Waals surface area contributed by atoms with Crippen LogP contribution >= 0.6 is 23.2 Å². The lowest BCUT2D eigenvalue weighted by Crippen LogP contribution is -1.78. The predicted molar refractivity (Wildman–Crippen MR) is 39.9 cm³/mol. The van der Waals surface area contributed by atoms with Crippen LogP contribution in [0.15, 0.2) is 12.1 Å². The zero-order valence-electron chi connectivity index (χ0n) is 4.82. The second-order valence-electron chi connectivity index (χ2n) is 1.78. The summed E-state index contributed by atoms with van der Waals surface area (Å²) in [5.41, 5.74) is 2.04. The lowest BCUT2D eigenvalue weighted by atomic mass is 10.5. The Balaban J connectivity index is 2.74. The van der Waals surface area contributed by atoms with Crippen molar-refractivity contribution in [2.45, 2.75) is 11.8 Å². The van der Waals surface area contributed by atoms with Gasteiger partial charge < -0.3 is 4.98 Å². The first kappa shape index (κ1) is 6.97.